The SMILES string of the molecule is NC(=NC(=O)c1cccc2ccccc12)c1ccncc1. The summed E-state index contributed by atoms with van der Waals surface area (Å²) in [6.45, 7) is 0. The average Bonchev–Trinajstić information content (AvgIpc) is 2.55. The van der Waals surface area contributed by atoms with Gasteiger partial charge in [-0.2, -0.15) is 4.99 Å². The van der Waals surface area contributed by atoms with E-state index in [2.05, 4.69) is 9.98 Å². The Morgan fingerprint density at radius 1 is 0.952 bits per heavy atom. The van der Waals surface area contributed by atoms with Crippen molar-refractivity contribution < 1.29 is 4.79 Å². The molecule has 0 spiro atoms. The summed E-state index contributed by atoms with van der Waals surface area (Å²) in [5.74, 6) is -0.156. The van der Waals surface area contributed by atoms with E-state index in [4.69, 9.17) is 5.73 Å². The third-order valence-electron chi connectivity index (χ3n) is 3.22. The standard InChI is InChI=1S/C17H13N3O/c18-16(13-8-10-19-11-9-13)20-17(21)15-7-3-5-12-4-1-2-6-14(12)15/h1-11H,(H2,18,20,21). The minimum atomic E-state index is -0.346. The van der Waals surface area contributed by atoms with Crippen LogP contribution in [0.5, 0.6) is 0 Å². The number of aliphatic imine (C=N–C) groups is 1. The van der Waals surface area contributed by atoms with Gasteiger partial charge in [0.05, 0.1) is 0 Å². The Morgan fingerprint density at radius 2 is 1.67 bits per heavy atom. The lowest BCUT2D eigenvalue weighted by molar-refractivity contribution is 0.100. The molecule has 0 radical (unpaired) electrons. The summed E-state index contributed by atoms with van der Waals surface area (Å²) in [6.07, 6.45) is 3.22. The highest BCUT2D eigenvalue weighted by Gasteiger charge is 2.09. The van der Waals surface area contributed by atoms with E-state index in [0.717, 1.165) is 10.8 Å². The lowest BCUT2D eigenvalue weighted by atomic mass is 10.0. The van der Waals surface area contributed by atoms with Gasteiger partial charge in [0.2, 0.25) is 0 Å². The first-order valence-corrected chi connectivity index (χ1v) is 6.52. The molecule has 0 aliphatic heterocycles. The fourth-order valence-corrected chi connectivity index (χ4v) is 2.17. The summed E-state index contributed by atoms with van der Waals surface area (Å²) in [6, 6.07) is 16.7. The Morgan fingerprint density at radius 3 is 2.48 bits per heavy atom. The van der Waals surface area contributed by atoms with Gasteiger partial charge in [0.15, 0.2) is 0 Å². The highest BCUT2D eigenvalue weighted by molar-refractivity contribution is 6.13. The number of hydrogen-bond acceptors (Lipinski definition) is 2. The molecule has 102 valence electrons. The zero-order valence-electron chi connectivity index (χ0n) is 11.2. The number of aromatic nitrogens is 1. The predicted molar refractivity (Wildman–Crippen MR) is 83.2 cm³/mol. The molecular formula is C17H13N3O. The number of carbonyl (C=O) groups excluding carboxylic acids is 1. The number of amidine groups is 1. The molecule has 4 heteroatoms. The van der Waals surface area contributed by atoms with E-state index in [-0.39, 0.29) is 11.7 Å². The van der Waals surface area contributed by atoms with Crippen molar-refractivity contribution in [2.75, 3.05) is 0 Å². The van der Waals surface area contributed by atoms with E-state index < -0.39 is 0 Å². The van der Waals surface area contributed by atoms with E-state index in [1.54, 1.807) is 30.6 Å². The fraction of sp³-hybridized carbons (Fsp3) is 0. The second-order valence-electron chi connectivity index (χ2n) is 4.56. The van der Waals surface area contributed by atoms with Crippen LogP contribution in [0.15, 0.2) is 72.0 Å². The van der Waals surface area contributed by atoms with Gasteiger partial charge in [0.25, 0.3) is 5.91 Å². The van der Waals surface area contributed by atoms with E-state index in [9.17, 15) is 4.79 Å². The maximum absolute atomic E-state index is 12.4. The molecule has 0 bridgehead atoms. The maximum atomic E-state index is 12.4. The van der Waals surface area contributed by atoms with Gasteiger partial charge in [0, 0.05) is 23.5 Å². The molecule has 1 aromatic heterocycles. The number of fused-ring (bicyclic) bond motifs is 1. The van der Waals surface area contributed by atoms with E-state index in [0.29, 0.717) is 11.1 Å². The van der Waals surface area contributed by atoms with Crippen LogP contribution in [-0.4, -0.2) is 16.7 Å². The lowest BCUT2D eigenvalue weighted by Gasteiger charge is -2.04. The van der Waals surface area contributed by atoms with Crippen molar-refractivity contribution in [3.8, 4) is 0 Å². The van der Waals surface area contributed by atoms with Gasteiger partial charge in [0.1, 0.15) is 5.84 Å². The molecule has 0 aliphatic carbocycles. The number of nitrogens with zero attached hydrogens (tertiary/aromatic N) is 2. The smallest absolute Gasteiger partial charge is 0.279 e. The summed E-state index contributed by atoms with van der Waals surface area (Å²) in [7, 11) is 0. The average molecular weight is 275 g/mol. The first kappa shape index (κ1) is 13.0. The quantitative estimate of drug-likeness (QED) is 0.577. The first-order valence-electron chi connectivity index (χ1n) is 6.52. The Balaban J connectivity index is 2.02. The van der Waals surface area contributed by atoms with Gasteiger partial charge in [-0.1, -0.05) is 36.4 Å². The van der Waals surface area contributed by atoms with Gasteiger partial charge in [-0.05, 0) is 29.0 Å². The van der Waals surface area contributed by atoms with Crippen molar-refractivity contribution in [2.24, 2.45) is 10.7 Å². The van der Waals surface area contributed by atoms with Crippen LogP contribution >= 0.6 is 0 Å². The molecule has 0 fully saturated rings. The highest BCUT2D eigenvalue weighted by Crippen LogP contribution is 2.19. The summed E-state index contributed by atoms with van der Waals surface area (Å²) in [5.41, 5.74) is 7.10. The molecule has 0 aliphatic rings. The van der Waals surface area contributed by atoms with Gasteiger partial charge < -0.3 is 5.73 Å². The zero-order chi connectivity index (χ0) is 14.7. The normalized spacial score (nSPS) is 11.5. The fourth-order valence-electron chi connectivity index (χ4n) is 2.17. The summed E-state index contributed by atoms with van der Waals surface area (Å²) in [4.78, 5) is 20.3. The maximum Gasteiger partial charge on any atom is 0.279 e. The van der Waals surface area contributed by atoms with Crippen molar-refractivity contribution >= 4 is 22.5 Å². The molecule has 0 saturated heterocycles. The number of nitrogens with two attached hydrogens (primary N) is 1. The molecule has 0 saturated carbocycles. The highest BCUT2D eigenvalue weighted by atomic mass is 16.1. The van der Waals surface area contributed by atoms with Crippen LogP contribution in [0.1, 0.15) is 15.9 Å². The third kappa shape index (κ3) is 2.65. The number of carbonyl (C=O) groups is 1. The van der Waals surface area contributed by atoms with Crippen LogP contribution in [0.25, 0.3) is 10.8 Å². The van der Waals surface area contributed by atoms with Crippen molar-refractivity contribution in [1.29, 1.82) is 0 Å². The van der Waals surface area contributed by atoms with Gasteiger partial charge in [-0.3, -0.25) is 9.78 Å². The first-order chi connectivity index (χ1) is 10.3. The number of pyridine rings is 1. The summed E-state index contributed by atoms with van der Waals surface area (Å²) in [5, 5.41) is 1.87. The monoisotopic (exact) mass is 275 g/mol. The molecule has 0 atom stereocenters. The zero-order valence-corrected chi connectivity index (χ0v) is 11.2. The Bertz CT molecular complexity index is 820. The largest absolute Gasteiger partial charge is 0.383 e. The van der Waals surface area contributed by atoms with Crippen LogP contribution in [0.2, 0.25) is 0 Å². The van der Waals surface area contributed by atoms with Crippen molar-refractivity contribution in [1.82, 2.24) is 4.98 Å². The molecule has 2 aromatic carbocycles. The Hall–Kier alpha value is -3.01. The molecule has 4 nitrogen and oxygen atoms in total. The molecule has 3 rings (SSSR count). The molecule has 3 aromatic rings. The van der Waals surface area contributed by atoms with E-state index in [1.165, 1.54) is 0 Å². The number of amides is 1. The van der Waals surface area contributed by atoms with Gasteiger partial charge in [-0.25, -0.2) is 0 Å². The summed E-state index contributed by atoms with van der Waals surface area (Å²) < 4.78 is 0. The number of rotatable bonds is 2. The van der Waals surface area contributed by atoms with Gasteiger partial charge >= 0.3 is 0 Å². The van der Waals surface area contributed by atoms with Crippen LogP contribution in [0.3, 0.4) is 0 Å². The van der Waals surface area contributed by atoms with Crippen molar-refractivity contribution in [3.05, 3.63) is 78.1 Å². The minimum Gasteiger partial charge on any atom is -0.383 e. The number of benzene rings is 2. The van der Waals surface area contributed by atoms with E-state index in [1.807, 2.05) is 36.4 Å². The molecule has 21 heavy (non-hydrogen) atoms. The topological polar surface area (TPSA) is 68.3 Å². The predicted octanol–water partition coefficient (Wildman–Crippen LogP) is 2.78. The van der Waals surface area contributed by atoms with Crippen molar-refractivity contribution in [3.63, 3.8) is 0 Å². The molecule has 2 N–H and O–H groups in total. The molecule has 1 amide bonds. The second kappa shape index (κ2) is 5.54. The van der Waals surface area contributed by atoms with Gasteiger partial charge in [-0.15, -0.1) is 0 Å². The van der Waals surface area contributed by atoms with Crippen LogP contribution in [0, 0.1) is 0 Å². The molecular weight excluding hydrogens is 262 g/mol. The Kier molecular flexibility index (Phi) is 3.43. The summed E-state index contributed by atoms with van der Waals surface area (Å²) >= 11 is 0. The Labute approximate surface area is 122 Å². The minimum absolute atomic E-state index is 0.190. The third-order valence-corrected chi connectivity index (χ3v) is 3.22. The van der Waals surface area contributed by atoms with Crippen LogP contribution in [0.4, 0.5) is 0 Å². The lowest BCUT2D eigenvalue weighted by Crippen LogP contribution is -2.16. The van der Waals surface area contributed by atoms with Crippen molar-refractivity contribution in [2.45, 2.75) is 0 Å². The molecule has 1 heterocycles. The second-order valence-corrected chi connectivity index (χ2v) is 4.56. The van der Waals surface area contributed by atoms with E-state index >= 15 is 0 Å². The van der Waals surface area contributed by atoms with Crippen LogP contribution in [-0.2, 0) is 0 Å². The number of hydrogen-bond donors (Lipinski definition) is 1. The van der Waals surface area contributed by atoms with Crippen LogP contribution < -0.4 is 5.73 Å². The molecule has 0 unspecified atom stereocenters.